The second-order valence-corrected chi connectivity index (χ2v) is 13.1. The fourth-order valence-electron chi connectivity index (χ4n) is 7.10. The number of piperidine rings is 1. The molecule has 0 bridgehead atoms. The number of aliphatic carboxylic acids is 1. The van der Waals surface area contributed by atoms with E-state index in [4.69, 9.17) is 33.2 Å². The van der Waals surface area contributed by atoms with E-state index < -0.39 is 5.97 Å². The van der Waals surface area contributed by atoms with Gasteiger partial charge in [0.1, 0.15) is 0 Å². The van der Waals surface area contributed by atoms with E-state index in [1.807, 2.05) is 16.8 Å². The summed E-state index contributed by atoms with van der Waals surface area (Å²) < 4.78 is 1.86. The Bertz CT molecular complexity index is 1440. The smallest absolute Gasteiger partial charge is 0.306 e. The Morgan fingerprint density at radius 3 is 2.60 bits per heavy atom. The second-order valence-electron chi connectivity index (χ2n) is 12.3. The van der Waals surface area contributed by atoms with E-state index in [-0.39, 0.29) is 12.0 Å². The first kappa shape index (κ1) is 26.4. The summed E-state index contributed by atoms with van der Waals surface area (Å²) in [6.45, 7) is 6.15. The molecule has 40 heavy (non-hydrogen) atoms. The van der Waals surface area contributed by atoms with Crippen LogP contribution >= 0.6 is 23.2 Å². The van der Waals surface area contributed by atoms with Gasteiger partial charge in [-0.1, -0.05) is 34.5 Å². The highest BCUT2D eigenvalue weighted by molar-refractivity contribution is 6.35. The zero-order chi connectivity index (χ0) is 27.5. The van der Waals surface area contributed by atoms with Crippen LogP contribution < -0.4 is 4.90 Å². The van der Waals surface area contributed by atoms with Gasteiger partial charge in [-0.15, -0.1) is 5.10 Å². The monoisotopic (exact) mass is 583 g/mol. The van der Waals surface area contributed by atoms with Crippen molar-refractivity contribution in [2.75, 3.05) is 31.1 Å². The van der Waals surface area contributed by atoms with Gasteiger partial charge in [-0.2, -0.15) is 4.98 Å². The maximum absolute atomic E-state index is 11.5. The van der Waals surface area contributed by atoms with Crippen molar-refractivity contribution in [1.82, 2.24) is 29.9 Å². The number of hydrogen-bond donors (Lipinski definition) is 1. The maximum Gasteiger partial charge on any atom is 0.306 e. The van der Waals surface area contributed by atoms with E-state index in [1.165, 1.54) is 12.8 Å². The topological polar surface area (TPSA) is 100 Å². The first-order chi connectivity index (χ1) is 19.4. The van der Waals surface area contributed by atoms with Crippen molar-refractivity contribution in [3.05, 3.63) is 39.5 Å². The van der Waals surface area contributed by atoms with Gasteiger partial charge < -0.3 is 14.9 Å². The highest BCUT2D eigenvalue weighted by atomic mass is 35.5. The molecule has 0 spiro atoms. The molecule has 2 saturated heterocycles. The van der Waals surface area contributed by atoms with Crippen LogP contribution in [0.5, 0.6) is 0 Å². The molecule has 0 radical (unpaired) electrons. The van der Waals surface area contributed by atoms with Crippen LogP contribution in [0.2, 0.25) is 10.0 Å². The number of carboxylic acid groups (broad SMARTS) is 1. The predicted octanol–water partition coefficient (Wildman–Crippen LogP) is 5.42. The first-order valence-electron chi connectivity index (χ1n) is 14.6. The molecular formula is C29H35Cl2N7O2. The standard InChI is InChI=1S/C29H35Cl2N7O2/c1-16(23-9-7-21(30)12-24(23)31)38-27-26(34-35-38)25(17-4-5-17)32-29(33-27)37-14-20(15-37)19-3-2-10-36(13-19)22-8-6-18(11-22)28(39)40/h7,9,12,16-20,22H,2-6,8,10-11,13-15H2,1H3,(H,39,40)/t16-,18+,19+,22?/m1/s1. The Morgan fingerprint density at radius 2 is 1.88 bits per heavy atom. The number of aromatic nitrogens is 5. The van der Waals surface area contributed by atoms with Crippen molar-refractivity contribution < 1.29 is 9.90 Å². The van der Waals surface area contributed by atoms with Crippen molar-refractivity contribution in [3.8, 4) is 0 Å². The summed E-state index contributed by atoms with van der Waals surface area (Å²) in [4.78, 5) is 26.4. The summed E-state index contributed by atoms with van der Waals surface area (Å²) in [6.07, 6.45) is 7.32. The maximum atomic E-state index is 11.5. The van der Waals surface area contributed by atoms with Gasteiger partial charge in [-0.05, 0) is 87.9 Å². The van der Waals surface area contributed by atoms with Gasteiger partial charge in [-0.25, -0.2) is 9.67 Å². The number of likely N-dealkylation sites (tertiary alicyclic amines) is 1. The molecule has 3 aromatic rings. The number of anilines is 1. The first-order valence-corrected chi connectivity index (χ1v) is 15.4. The average Bonchev–Trinajstić information content (AvgIpc) is 3.46. The van der Waals surface area contributed by atoms with Crippen LogP contribution in [-0.4, -0.2) is 73.2 Å². The summed E-state index contributed by atoms with van der Waals surface area (Å²) in [5.74, 6) is 1.65. The van der Waals surface area contributed by atoms with Crippen LogP contribution in [-0.2, 0) is 4.79 Å². The molecule has 2 saturated carbocycles. The number of hydrogen-bond acceptors (Lipinski definition) is 7. The molecule has 0 amide bonds. The number of carbonyl (C=O) groups is 1. The van der Waals surface area contributed by atoms with E-state index in [2.05, 4.69) is 27.0 Å². The number of fused-ring (bicyclic) bond motifs is 1. The van der Waals surface area contributed by atoms with Gasteiger partial charge in [0.2, 0.25) is 5.95 Å². The Balaban J connectivity index is 1.09. The lowest BCUT2D eigenvalue weighted by atomic mass is 9.80. The minimum absolute atomic E-state index is 0.154. The van der Waals surface area contributed by atoms with Crippen molar-refractivity contribution in [2.24, 2.45) is 17.8 Å². The molecule has 4 atom stereocenters. The van der Waals surface area contributed by atoms with Gasteiger partial charge in [0.15, 0.2) is 11.2 Å². The fraction of sp³-hybridized carbons (Fsp3) is 0.621. The Morgan fingerprint density at radius 1 is 1.05 bits per heavy atom. The van der Waals surface area contributed by atoms with Crippen LogP contribution in [0.25, 0.3) is 11.2 Å². The molecule has 2 aromatic heterocycles. The lowest BCUT2D eigenvalue weighted by molar-refractivity contribution is -0.141. The zero-order valence-electron chi connectivity index (χ0n) is 22.7. The summed E-state index contributed by atoms with van der Waals surface area (Å²) in [5, 5.41) is 19.7. The predicted molar refractivity (Wildman–Crippen MR) is 154 cm³/mol. The van der Waals surface area contributed by atoms with Crippen molar-refractivity contribution in [2.45, 2.75) is 69.9 Å². The number of nitrogens with zero attached hydrogens (tertiary/aromatic N) is 7. The van der Waals surface area contributed by atoms with Crippen LogP contribution in [0.3, 0.4) is 0 Å². The number of carboxylic acids is 1. The molecule has 4 aliphatic rings. The third-order valence-electron chi connectivity index (χ3n) is 9.70. The second kappa shape index (κ2) is 10.4. The molecule has 4 fully saturated rings. The normalized spacial score (nSPS) is 26.8. The van der Waals surface area contributed by atoms with E-state index in [1.54, 1.807) is 6.07 Å². The highest BCUT2D eigenvalue weighted by Gasteiger charge is 2.41. The van der Waals surface area contributed by atoms with E-state index in [9.17, 15) is 9.90 Å². The van der Waals surface area contributed by atoms with Crippen molar-refractivity contribution in [3.63, 3.8) is 0 Å². The molecule has 11 heteroatoms. The van der Waals surface area contributed by atoms with Gasteiger partial charge in [-0.3, -0.25) is 4.79 Å². The summed E-state index contributed by atoms with van der Waals surface area (Å²) >= 11 is 12.7. The summed E-state index contributed by atoms with van der Waals surface area (Å²) in [6, 6.07) is 5.81. The quantitative estimate of drug-likeness (QED) is 0.393. The molecule has 1 N–H and O–H groups in total. The van der Waals surface area contributed by atoms with Gasteiger partial charge in [0, 0.05) is 41.6 Å². The average molecular weight is 585 g/mol. The third-order valence-corrected chi connectivity index (χ3v) is 10.3. The Hall–Kier alpha value is -2.49. The number of rotatable bonds is 7. The largest absolute Gasteiger partial charge is 0.481 e. The van der Waals surface area contributed by atoms with E-state index in [0.29, 0.717) is 33.8 Å². The van der Waals surface area contributed by atoms with Crippen LogP contribution in [0.15, 0.2) is 18.2 Å². The molecule has 7 rings (SSSR count). The molecule has 2 aliphatic heterocycles. The van der Waals surface area contributed by atoms with Gasteiger partial charge >= 0.3 is 5.97 Å². The zero-order valence-corrected chi connectivity index (χ0v) is 24.2. The molecule has 1 unspecified atom stereocenters. The SMILES string of the molecule is C[C@H](c1ccc(Cl)cc1Cl)n1nnc2c(C3CC3)nc(N3CC([C@H]4CCCN(C5CC[C@H](C(=O)O)C5)C4)C3)nc21. The number of benzene rings is 1. The van der Waals surface area contributed by atoms with Gasteiger partial charge in [0.05, 0.1) is 17.7 Å². The lowest BCUT2D eigenvalue weighted by Gasteiger charge is -2.47. The minimum atomic E-state index is -0.629. The lowest BCUT2D eigenvalue weighted by Crippen LogP contribution is -2.55. The minimum Gasteiger partial charge on any atom is -0.481 e. The van der Waals surface area contributed by atoms with Crippen LogP contribution in [0.4, 0.5) is 5.95 Å². The van der Waals surface area contributed by atoms with Crippen LogP contribution in [0.1, 0.15) is 75.1 Å². The molecule has 4 heterocycles. The summed E-state index contributed by atoms with van der Waals surface area (Å²) in [5.41, 5.74) is 3.49. The highest BCUT2D eigenvalue weighted by Crippen LogP contribution is 2.43. The Labute approximate surface area is 243 Å². The van der Waals surface area contributed by atoms with Crippen LogP contribution in [0, 0.1) is 17.8 Å². The molecule has 1 aromatic carbocycles. The fourth-order valence-corrected chi connectivity index (χ4v) is 7.67. The summed E-state index contributed by atoms with van der Waals surface area (Å²) in [7, 11) is 0. The molecule has 2 aliphatic carbocycles. The molecule has 212 valence electrons. The van der Waals surface area contributed by atoms with Gasteiger partial charge in [0.25, 0.3) is 0 Å². The third kappa shape index (κ3) is 4.84. The van der Waals surface area contributed by atoms with Crippen molar-refractivity contribution in [1.29, 1.82) is 0 Å². The molecule has 9 nitrogen and oxygen atoms in total. The number of halogens is 2. The Kier molecular flexibility index (Phi) is 6.87. The van der Waals surface area contributed by atoms with Crippen molar-refractivity contribution >= 4 is 46.3 Å². The van der Waals surface area contributed by atoms with E-state index in [0.717, 1.165) is 86.7 Å². The molecular weight excluding hydrogens is 549 g/mol. The van der Waals surface area contributed by atoms with E-state index >= 15 is 0 Å².